The van der Waals surface area contributed by atoms with E-state index in [4.69, 9.17) is 4.98 Å². The lowest BCUT2D eigenvalue weighted by Crippen LogP contribution is -2.24. The number of anilines is 3. The van der Waals surface area contributed by atoms with E-state index in [0.29, 0.717) is 11.9 Å². The monoisotopic (exact) mass is 591 g/mol. The zero-order valence-corrected chi connectivity index (χ0v) is 25.8. The summed E-state index contributed by atoms with van der Waals surface area (Å²) in [4.78, 5) is 22.6. The topological polar surface area (TPSA) is 96.8 Å². The van der Waals surface area contributed by atoms with Crippen molar-refractivity contribution >= 4 is 45.9 Å². The predicted octanol–water partition coefficient (Wildman–Crippen LogP) is 8.04. The van der Waals surface area contributed by atoms with Crippen LogP contribution >= 0.6 is 11.8 Å². The number of pyridine rings is 2. The lowest BCUT2D eigenvalue weighted by atomic mass is 9.89. The van der Waals surface area contributed by atoms with Crippen LogP contribution in [0.2, 0.25) is 0 Å². The molecule has 1 fully saturated rings. The molecule has 2 aromatic carbocycles. The Hall–Kier alpha value is -4.37. The molecule has 8 nitrogen and oxygen atoms in total. The molecular weight excluding hydrogens is 554 g/mol. The molecule has 0 saturated carbocycles. The molecule has 5 aromatic rings. The van der Waals surface area contributed by atoms with E-state index < -0.39 is 0 Å². The Bertz CT molecular complexity index is 1730. The van der Waals surface area contributed by atoms with E-state index in [9.17, 15) is 4.79 Å². The fraction of sp³-hybridized carbons (Fsp3) is 0.294. The van der Waals surface area contributed by atoms with Crippen molar-refractivity contribution in [2.24, 2.45) is 0 Å². The predicted molar refractivity (Wildman–Crippen MR) is 179 cm³/mol. The van der Waals surface area contributed by atoms with Gasteiger partial charge >= 0.3 is 6.03 Å². The van der Waals surface area contributed by atoms with Gasteiger partial charge in [0.05, 0.1) is 23.8 Å². The number of aromatic nitrogens is 4. The van der Waals surface area contributed by atoms with Crippen LogP contribution in [0.15, 0.2) is 79.3 Å². The number of amides is 2. The van der Waals surface area contributed by atoms with Gasteiger partial charge in [0.25, 0.3) is 0 Å². The first-order valence-electron chi connectivity index (χ1n) is 14.7. The molecule has 3 N–H and O–H groups in total. The van der Waals surface area contributed by atoms with Crippen molar-refractivity contribution in [2.75, 3.05) is 27.5 Å². The maximum Gasteiger partial charge on any atom is 0.324 e. The highest BCUT2D eigenvalue weighted by Gasteiger charge is 2.25. The van der Waals surface area contributed by atoms with E-state index in [1.807, 2.05) is 73.5 Å². The second-order valence-corrected chi connectivity index (χ2v) is 13.2. The van der Waals surface area contributed by atoms with Crippen LogP contribution in [0, 0.1) is 6.92 Å². The number of carbonyl (C=O) groups is 1. The molecule has 1 aliphatic rings. The maximum atomic E-state index is 13.5. The number of carbonyl (C=O) groups excluding carboxylic acids is 1. The summed E-state index contributed by atoms with van der Waals surface area (Å²) < 4.78 is 1.73. The zero-order valence-electron chi connectivity index (χ0n) is 25.0. The lowest BCUT2D eigenvalue weighted by molar-refractivity contribution is 0.262. The smallest absolute Gasteiger partial charge is 0.324 e. The van der Waals surface area contributed by atoms with E-state index in [2.05, 4.69) is 65.0 Å². The van der Waals surface area contributed by atoms with Crippen molar-refractivity contribution in [3.63, 3.8) is 0 Å². The molecule has 6 rings (SSSR count). The Morgan fingerprint density at radius 1 is 0.884 bits per heavy atom. The minimum absolute atomic E-state index is 0.234. The number of hydrogen-bond acceptors (Lipinski definition) is 6. The number of hydrogen-bond donors (Lipinski definition) is 3. The van der Waals surface area contributed by atoms with Crippen LogP contribution in [0.4, 0.5) is 22.1 Å². The van der Waals surface area contributed by atoms with E-state index >= 15 is 0 Å². The van der Waals surface area contributed by atoms with Crippen molar-refractivity contribution in [1.82, 2.24) is 19.7 Å². The molecule has 0 unspecified atom stereocenters. The van der Waals surface area contributed by atoms with E-state index in [1.54, 1.807) is 10.9 Å². The third-order valence-electron chi connectivity index (χ3n) is 7.77. The van der Waals surface area contributed by atoms with Gasteiger partial charge in [-0.2, -0.15) is 16.9 Å². The fourth-order valence-corrected chi connectivity index (χ4v) is 6.52. The first kappa shape index (κ1) is 28.7. The molecule has 2 amide bonds. The highest BCUT2D eigenvalue weighted by molar-refractivity contribution is 7.99. The van der Waals surface area contributed by atoms with Gasteiger partial charge in [-0.15, -0.1) is 0 Å². The summed E-state index contributed by atoms with van der Waals surface area (Å²) in [6.07, 6.45) is 7.84. The molecule has 1 aliphatic heterocycles. The van der Waals surface area contributed by atoms with Crippen LogP contribution in [-0.4, -0.2) is 43.3 Å². The highest BCUT2D eigenvalue weighted by Crippen LogP contribution is 2.35. The average molecular weight is 592 g/mol. The Morgan fingerprint density at radius 3 is 2.37 bits per heavy atom. The van der Waals surface area contributed by atoms with E-state index in [-0.39, 0.29) is 11.4 Å². The first-order valence-corrected chi connectivity index (χ1v) is 15.8. The van der Waals surface area contributed by atoms with Crippen LogP contribution in [0.3, 0.4) is 0 Å². The molecule has 0 atom stereocenters. The molecule has 1 saturated heterocycles. The van der Waals surface area contributed by atoms with Gasteiger partial charge in [0.2, 0.25) is 0 Å². The third-order valence-corrected chi connectivity index (χ3v) is 8.82. The summed E-state index contributed by atoms with van der Waals surface area (Å²) in [7, 11) is 0. The maximum absolute atomic E-state index is 13.5. The Kier molecular flexibility index (Phi) is 8.08. The molecule has 3 aromatic heterocycles. The number of thioether (sulfide) groups is 1. The van der Waals surface area contributed by atoms with Gasteiger partial charge in [-0.25, -0.2) is 14.5 Å². The van der Waals surface area contributed by atoms with Gasteiger partial charge < -0.3 is 10.6 Å². The average Bonchev–Trinajstić information content (AvgIpc) is 3.43. The molecule has 0 radical (unpaired) electrons. The highest BCUT2D eigenvalue weighted by atomic mass is 32.2. The van der Waals surface area contributed by atoms with Gasteiger partial charge in [0.15, 0.2) is 0 Å². The van der Waals surface area contributed by atoms with Crippen LogP contribution in [-0.2, 0) is 5.41 Å². The van der Waals surface area contributed by atoms with E-state index in [0.717, 1.165) is 50.3 Å². The Labute approximate surface area is 256 Å². The minimum Gasteiger partial charge on any atom is -0.367 e. The molecule has 4 heterocycles. The number of urea groups is 1. The van der Waals surface area contributed by atoms with Gasteiger partial charge in [-0.1, -0.05) is 51.1 Å². The molecular formula is C34H37N7OS. The number of aryl methyl sites for hydroxylation is 1. The van der Waals surface area contributed by atoms with Crippen molar-refractivity contribution in [3.8, 4) is 16.8 Å². The minimum atomic E-state index is -0.344. The second kappa shape index (κ2) is 12.1. The van der Waals surface area contributed by atoms with Crippen molar-refractivity contribution in [2.45, 2.75) is 52.0 Å². The normalized spacial score (nSPS) is 14.0. The summed E-state index contributed by atoms with van der Waals surface area (Å²) >= 11 is 2.02. The summed E-state index contributed by atoms with van der Waals surface area (Å²) in [6, 6.07) is 20.3. The molecule has 220 valence electrons. The summed E-state index contributed by atoms with van der Waals surface area (Å²) in [6.45, 7) is 8.24. The first-order chi connectivity index (χ1) is 20.8. The van der Waals surface area contributed by atoms with Crippen LogP contribution in [0.1, 0.15) is 44.9 Å². The van der Waals surface area contributed by atoms with Gasteiger partial charge in [0, 0.05) is 34.4 Å². The number of rotatable bonds is 6. The quantitative estimate of drug-likeness (QED) is 0.185. The largest absolute Gasteiger partial charge is 0.367 e. The SMILES string of the molecule is Cc1ccc(-n2ncc(C(C)(C)C)c2NC(=O)Nc2ccc(-c3ccc(NC4CCSCC4)nc3)c3ccccc23)cn1. The zero-order chi connectivity index (χ0) is 30.0. The van der Waals surface area contributed by atoms with Crippen LogP contribution in [0.5, 0.6) is 0 Å². The van der Waals surface area contributed by atoms with Gasteiger partial charge in [0.1, 0.15) is 11.6 Å². The molecule has 0 aliphatic carbocycles. The number of nitrogens with zero attached hydrogens (tertiary/aromatic N) is 4. The van der Waals surface area contributed by atoms with E-state index in [1.165, 1.54) is 24.3 Å². The lowest BCUT2D eigenvalue weighted by Gasteiger charge is -2.23. The molecule has 0 spiro atoms. The third kappa shape index (κ3) is 6.37. The number of benzene rings is 2. The van der Waals surface area contributed by atoms with Crippen molar-refractivity contribution in [1.29, 1.82) is 0 Å². The molecule has 9 heteroatoms. The Morgan fingerprint density at radius 2 is 1.67 bits per heavy atom. The fourth-order valence-electron chi connectivity index (χ4n) is 5.41. The number of fused-ring (bicyclic) bond motifs is 1. The standard InChI is InChI=1S/C34H37N7OS/c1-22-9-11-25(20-35-22)41-32(29(21-37-41)34(2,3)4)40-33(42)39-30-13-12-26(27-7-5-6-8-28(27)30)23-10-14-31(36-19-23)38-24-15-17-43-18-16-24/h5-14,19-21,24H,15-18H2,1-4H3,(H,36,38)(H2,39,40,42). The summed E-state index contributed by atoms with van der Waals surface area (Å²) in [5.74, 6) is 3.93. The molecule has 43 heavy (non-hydrogen) atoms. The Balaban J connectivity index is 1.25. The number of nitrogens with one attached hydrogen (secondary N) is 3. The summed E-state index contributed by atoms with van der Waals surface area (Å²) in [5, 5.41) is 16.3. The second-order valence-electron chi connectivity index (χ2n) is 12.0. The van der Waals surface area contributed by atoms with Gasteiger partial charge in [-0.3, -0.25) is 10.3 Å². The van der Waals surface area contributed by atoms with Crippen molar-refractivity contribution < 1.29 is 4.79 Å². The summed E-state index contributed by atoms with van der Waals surface area (Å²) in [5.41, 5.74) is 5.20. The van der Waals surface area contributed by atoms with Crippen LogP contribution < -0.4 is 16.0 Å². The van der Waals surface area contributed by atoms with Crippen LogP contribution in [0.25, 0.3) is 27.6 Å². The molecule has 0 bridgehead atoms. The van der Waals surface area contributed by atoms with Crippen molar-refractivity contribution in [3.05, 3.63) is 90.5 Å². The van der Waals surface area contributed by atoms with Gasteiger partial charge in [-0.05, 0) is 78.0 Å².